The second kappa shape index (κ2) is 7.15. The Morgan fingerprint density at radius 1 is 1.37 bits per heavy atom. The van der Waals surface area contributed by atoms with Crippen molar-refractivity contribution < 1.29 is 29.0 Å². The second-order valence-corrected chi connectivity index (χ2v) is 3.71. The van der Waals surface area contributed by atoms with E-state index in [9.17, 15) is 14.4 Å². The Morgan fingerprint density at radius 3 is 2.58 bits per heavy atom. The zero-order valence-electron chi connectivity index (χ0n) is 10.2. The van der Waals surface area contributed by atoms with Gasteiger partial charge in [0.2, 0.25) is 0 Å². The fourth-order valence-electron chi connectivity index (χ4n) is 1.37. The number of aliphatic carboxylic acids is 1. The maximum atomic E-state index is 11.5. The standard InChI is InChI=1S/C13H14O6/c1-2-11(14)18-7-8-19-13(17)10-5-3-9(4-6-10)12(15)16/h2-3,5-6,9H,1,4,7-8H2,(H,15,16). The predicted molar refractivity (Wildman–Crippen MR) is 65.1 cm³/mol. The number of allylic oxidation sites excluding steroid dienone is 1. The second-order valence-electron chi connectivity index (χ2n) is 3.71. The molecule has 0 aliphatic heterocycles. The van der Waals surface area contributed by atoms with Crippen LogP contribution in [-0.2, 0) is 23.9 Å². The van der Waals surface area contributed by atoms with E-state index in [0.29, 0.717) is 5.57 Å². The molecule has 19 heavy (non-hydrogen) atoms. The molecule has 0 spiro atoms. The van der Waals surface area contributed by atoms with Gasteiger partial charge in [0.25, 0.3) is 0 Å². The summed E-state index contributed by atoms with van der Waals surface area (Å²) in [4.78, 5) is 32.9. The van der Waals surface area contributed by atoms with Gasteiger partial charge in [0.15, 0.2) is 0 Å². The van der Waals surface area contributed by atoms with Crippen molar-refractivity contribution in [1.29, 1.82) is 0 Å². The molecular weight excluding hydrogens is 252 g/mol. The summed E-state index contributed by atoms with van der Waals surface area (Å²) in [6.07, 6.45) is 5.63. The highest BCUT2D eigenvalue weighted by atomic mass is 16.6. The third-order valence-corrected chi connectivity index (χ3v) is 2.38. The monoisotopic (exact) mass is 266 g/mol. The molecule has 0 radical (unpaired) electrons. The molecule has 0 aromatic rings. The third kappa shape index (κ3) is 4.79. The van der Waals surface area contributed by atoms with E-state index < -0.39 is 23.8 Å². The van der Waals surface area contributed by atoms with Crippen LogP contribution in [-0.4, -0.2) is 36.2 Å². The first-order valence-electron chi connectivity index (χ1n) is 5.62. The molecule has 0 aromatic heterocycles. The Labute approximate surface area is 110 Å². The molecule has 0 amide bonds. The van der Waals surface area contributed by atoms with Crippen LogP contribution in [0.15, 0.2) is 36.5 Å². The van der Waals surface area contributed by atoms with Gasteiger partial charge in [0, 0.05) is 6.08 Å². The van der Waals surface area contributed by atoms with Gasteiger partial charge < -0.3 is 14.6 Å². The lowest BCUT2D eigenvalue weighted by molar-refractivity contribution is -0.146. The molecule has 1 aliphatic carbocycles. The van der Waals surface area contributed by atoms with Gasteiger partial charge >= 0.3 is 17.9 Å². The lowest BCUT2D eigenvalue weighted by atomic mass is 9.97. The summed E-state index contributed by atoms with van der Waals surface area (Å²) in [6, 6.07) is 0. The molecular formula is C13H14O6. The summed E-state index contributed by atoms with van der Waals surface area (Å²) >= 11 is 0. The third-order valence-electron chi connectivity index (χ3n) is 2.38. The number of hydrogen-bond donors (Lipinski definition) is 1. The van der Waals surface area contributed by atoms with E-state index in [4.69, 9.17) is 9.84 Å². The van der Waals surface area contributed by atoms with E-state index in [-0.39, 0.29) is 19.6 Å². The molecule has 6 heteroatoms. The Morgan fingerprint density at radius 2 is 2.05 bits per heavy atom. The van der Waals surface area contributed by atoms with Crippen LogP contribution in [0, 0.1) is 5.92 Å². The van der Waals surface area contributed by atoms with Crippen molar-refractivity contribution >= 4 is 17.9 Å². The van der Waals surface area contributed by atoms with Crippen LogP contribution in [0.5, 0.6) is 0 Å². The van der Waals surface area contributed by atoms with Crippen molar-refractivity contribution in [1.82, 2.24) is 0 Å². The average molecular weight is 266 g/mol. The summed E-state index contributed by atoms with van der Waals surface area (Å²) in [6.45, 7) is 3.11. The van der Waals surface area contributed by atoms with Crippen molar-refractivity contribution in [2.75, 3.05) is 13.2 Å². The maximum Gasteiger partial charge on any atom is 0.337 e. The molecule has 1 unspecified atom stereocenters. The Kier molecular flexibility index (Phi) is 5.53. The van der Waals surface area contributed by atoms with Crippen LogP contribution >= 0.6 is 0 Å². The van der Waals surface area contributed by atoms with Gasteiger partial charge in [0.05, 0.1) is 11.5 Å². The first-order chi connectivity index (χ1) is 9.04. The van der Waals surface area contributed by atoms with Gasteiger partial charge in [-0.1, -0.05) is 24.8 Å². The first kappa shape index (κ1) is 14.7. The van der Waals surface area contributed by atoms with Gasteiger partial charge in [-0.15, -0.1) is 0 Å². The van der Waals surface area contributed by atoms with E-state index >= 15 is 0 Å². The van der Waals surface area contributed by atoms with Crippen molar-refractivity contribution in [2.45, 2.75) is 6.42 Å². The highest BCUT2D eigenvalue weighted by Gasteiger charge is 2.19. The predicted octanol–water partition coefficient (Wildman–Crippen LogP) is 0.846. The van der Waals surface area contributed by atoms with Crippen LogP contribution in [0.3, 0.4) is 0 Å². The minimum Gasteiger partial charge on any atom is -0.481 e. The number of carboxylic acids is 1. The molecule has 1 N–H and O–H groups in total. The lowest BCUT2D eigenvalue weighted by Gasteiger charge is -2.11. The largest absolute Gasteiger partial charge is 0.481 e. The minimum atomic E-state index is -0.934. The fraction of sp³-hybridized carbons (Fsp3) is 0.308. The SMILES string of the molecule is C=CC(=O)OCCOC(=O)C1=CCC(C(=O)O)C=C1. The average Bonchev–Trinajstić information content (AvgIpc) is 2.43. The number of carboxylic acid groups (broad SMARTS) is 1. The number of carbonyl (C=O) groups is 3. The number of hydrogen-bond acceptors (Lipinski definition) is 5. The number of ether oxygens (including phenoxy) is 2. The number of rotatable bonds is 6. The quantitative estimate of drug-likeness (QED) is 0.435. The van der Waals surface area contributed by atoms with E-state index in [2.05, 4.69) is 11.3 Å². The zero-order chi connectivity index (χ0) is 14.3. The van der Waals surface area contributed by atoms with E-state index in [1.807, 2.05) is 0 Å². The molecule has 0 heterocycles. The molecule has 0 fully saturated rings. The molecule has 1 aliphatic rings. The van der Waals surface area contributed by atoms with Crippen LogP contribution in [0.4, 0.5) is 0 Å². The maximum absolute atomic E-state index is 11.5. The Hall–Kier alpha value is -2.37. The first-order valence-corrected chi connectivity index (χ1v) is 5.62. The van der Waals surface area contributed by atoms with Gasteiger partial charge in [0.1, 0.15) is 13.2 Å². The molecule has 0 bridgehead atoms. The van der Waals surface area contributed by atoms with Crippen molar-refractivity contribution in [3.63, 3.8) is 0 Å². The molecule has 102 valence electrons. The van der Waals surface area contributed by atoms with Crippen molar-refractivity contribution in [3.05, 3.63) is 36.5 Å². The summed E-state index contributed by atoms with van der Waals surface area (Å²) in [7, 11) is 0. The van der Waals surface area contributed by atoms with E-state index in [1.165, 1.54) is 18.2 Å². The highest BCUT2D eigenvalue weighted by molar-refractivity contribution is 5.92. The normalized spacial score (nSPS) is 17.3. The number of esters is 2. The Bertz CT molecular complexity index is 446. The van der Waals surface area contributed by atoms with Crippen molar-refractivity contribution in [2.24, 2.45) is 5.92 Å². The van der Waals surface area contributed by atoms with Gasteiger partial charge in [-0.05, 0) is 6.42 Å². The van der Waals surface area contributed by atoms with Gasteiger partial charge in [-0.25, -0.2) is 9.59 Å². The Balaban J connectivity index is 2.32. The van der Waals surface area contributed by atoms with Crippen LogP contribution in [0.1, 0.15) is 6.42 Å². The van der Waals surface area contributed by atoms with Crippen LogP contribution in [0.25, 0.3) is 0 Å². The summed E-state index contributed by atoms with van der Waals surface area (Å²) in [5.41, 5.74) is 0.299. The van der Waals surface area contributed by atoms with E-state index in [0.717, 1.165) is 6.08 Å². The molecule has 0 saturated heterocycles. The summed E-state index contributed by atoms with van der Waals surface area (Å²) in [5.74, 6) is -2.70. The van der Waals surface area contributed by atoms with Crippen molar-refractivity contribution in [3.8, 4) is 0 Å². The summed E-state index contributed by atoms with van der Waals surface area (Å²) < 4.78 is 9.48. The molecule has 0 saturated carbocycles. The van der Waals surface area contributed by atoms with E-state index in [1.54, 1.807) is 0 Å². The molecule has 6 nitrogen and oxygen atoms in total. The fourth-order valence-corrected chi connectivity index (χ4v) is 1.37. The summed E-state index contributed by atoms with van der Waals surface area (Å²) in [5, 5.41) is 8.76. The molecule has 0 aromatic carbocycles. The zero-order valence-corrected chi connectivity index (χ0v) is 10.2. The molecule has 1 atom stereocenters. The smallest absolute Gasteiger partial charge is 0.337 e. The topological polar surface area (TPSA) is 89.9 Å². The lowest BCUT2D eigenvalue weighted by Crippen LogP contribution is -2.17. The number of carbonyl (C=O) groups excluding carboxylic acids is 2. The van der Waals surface area contributed by atoms with Gasteiger partial charge in [-0.3, -0.25) is 4.79 Å². The van der Waals surface area contributed by atoms with Crippen LogP contribution < -0.4 is 0 Å². The van der Waals surface area contributed by atoms with Gasteiger partial charge in [-0.2, -0.15) is 0 Å². The van der Waals surface area contributed by atoms with Crippen LogP contribution in [0.2, 0.25) is 0 Å². The highest BCUT2D eigenvalue weighted by Crippen LogP contribution is 2.17. The molecule has 1 rings (SSSR count). The minimum absolute atomic E-state index is 0.0503.